The Kier molecular flexibility index (Phi) is 3.71. The molecule has 0 bridgehead atoms. The molecule has 0 aliphatic rings. The van der Waals surface area contributed by atoms with E-state index in [2.05, 4.69) is 20.4 Å². The topological polar surface area (TPSA) is 55.6 Å². The first-order valence-electron chi connectivity index (χ1n) is 5.03. The summed E-state index contributed by atoms with van der Waals surface area (Å²) in [5.41, 5.74) is 0. The van der Waals surface area contributed by atoms with E-state index in [0.717, 1.165) is 25.3 Å². The number of hydrogen-bond acceptors (Lipinski definition) is 4. The van der Waals surface area contributed by atoms with Crippen LogP contribution in [0.5, 0.6) is 0 Å². The van der Waals surface area contributed by atoms with Crippen LogP contribution in [0.25, 0.3) is 0 Å². The van der Waals surface area contributed by atoms with Crippen LogP contribution in [0.3, 0.4) is 0 Å². The third kappa shape index (κ3) is 3.20. The molecule has 2 rings (SSSR count). The summed E-state index contributed by atoms with van der Waals surface area (Å²) in [7, 11) is 0. The molecule has 5 nitrogen and oxygen atoms in total. The SMILES string of the molecule is Clc1cc(NCCCn2cccn2)ncn1. The van der Waals surface area contributed by atoms with Crippen LogP contribution in [0.1, 0.15) is 6.42 Å². The molecule has 0 amide bonds. The minimum atomic E-state index is 0.449. The number of nitrogens with one attached hydrogen (secondary N) is 1. The Morgan fingerprint density at radius 3 is 3.06 bits per heavy atom. The smallest absolute Gasteiger partial charge is 0.134 e. The number of halogens is 1. The highest BCUT2D eigenvalue weighted by molar-refractivity contribution is 6.29. The quantitative estimate of drug-likeness (QED) is 0.637. The van der Waals surface area contributed by atoms with E-state index in [1.54, 1.807) is 12.3 Å². The van der Waals surface area contributed by atoms with E-state index in [4.69, 9.17) is 11.6 Å². The lowest BCUT2D eigenvalue weighted by atomic mass is 10.4. The fraction of sp³-hybridized carbons (Fsp3) is 0.300. The third-order valence-corrected chi connectivity index (χ3v) is 2.27. The lowest BCUT2D eigenvalue weighted by Crippen LogP contribution is -2.08. The molecule has 1 N–H and O–H groups in total. The first-order valence-corrected chi connectivity index (χ1v) is 5.41. The molecule has 0 saturated carbocycles. The fourth-order valence-electron chi connectivity index (χ4n) is 1.32. The summed E-state index contributed by atoms with van der Waals surface area (Å²) in [6.45, 7) is 1.71. The normalized spacial score (nSPS) is 10.3. The van der Waals surface area contributed by atoms with Gasteiger partial charge in [0.05, 0.1) is 0 Å². The molecular formula is C10H12ClN5. The largest absolute Gasteiger partial charge is 0.370 e. The van der Waals surface area contributed by atoms with Gasteiger partial charge in [0.2, 0.25) is 0 Å². The second-order valence-electron chi connectivity index (χ2n) is 3.28. The summed E-state index contributed by atoms with van der Waals surface area (Å²) in [6, 6.07) is 3.62. The van der Waals surface area contributed by atoms with E-state index in [-0.39, 0.29) is 0 Å². The molecule has 0 unspecified atom stereocenters. The van der Waals surface area contributed by atoms with Crippen molar-refractivity contribution in [3.8, 4) is 0 Å². The zero-order valence-electron chi connectivity index (χ0n) is 8.67. The van der Waals surface area contributed by atoms with Crippen LogP contribution < -0.4 is 5.32 Å². The number of nitrogens with zero attached hydrogens (tertiary/aromatic N) is 4. The molecule has 84 valence electrons. The van der Waals surface area contributed by atoms with Crippen LogP contribution in [-0.4, -0.2) is 26.3 Å². The zero-order valence-corrected chi connectivity index (χ0v) is 9.43. The highest BCUT2D eigenvalue weighted by atomic mass is 35.5. The van der Waals surface area contributed by atoms with Gasteiger partial charge in [-0.2, -0.15) is 5.10 Å². The standard InChI is InChI=1S/C10H12ClN5/c11-9-7-10(14-8-13-9)12-3-1-5-16-6-2-4-15-16/h2,4,6-8H,1,3,5H2,(H,12,13,14). The summed E-state index contributed by atoms with van der Waals surface area (Å²) in [4.78, 5) is 7.85. The molecule has 0 saturated heterocycles. The van der Waals surface area contributed by atoms with Gasteiger partial charge in [-0.3, -0.25) is 4.68 Å². The third-order valence-electron chi connectivity index (χ3n) is 2.06. The van der Waals surface area contributed by atoms with Crippen LogP contribution in [0.2, 0.25) is 5.15 Å². The molecule has 16 heavy (non-hydrogen) atoms. The summed E-state index contributed by atoms with van der Waals surface area (Å²) < 4.78 is 1.90. The van der Waals surface area contributed by atoms with Crippen molar-refractivity contribution in [3.63, 3.8) is 0 Å². The summed E-state index contributed by atoms with van der Waals surface area (Å²) >= 11 is 5.73. The van der Waals surface area contributed by atoms with E-state index >= 15 is 0 Å². The van der Waals surface area contributed by atoms with E-state index in [0.29, 0.717) is 5.15 Å². The monoisotopic (exact) mass is 237 g/mol. The Balaban J connectivity index is 1.72. The van der Waals surface area contributed by atoms with Crippen molar-refractivity contribution >= 4 is 17.4 Å². The van der Waals surface area contributed by atoms with Gasteiger partial charge in [0.15, 0.2) is 0 Å². The van der Waals surface area contributed by atoms with Crippen molar-refractivity contribution < 1.29 is 0 Å². The maximum atomic E-state index is 5.73. The Hall–Kier alpha value is -1.62. The summed E-state index contributed by atoms with van der Waals surface area (Å²) in [5.74, 6) is 0.750. The molecule has 2 heterocycles. The first-order chi connectivity index (χ1) is 7.84. The number of hydrogen-bond donors (Lipinski definition) is 1. The van der Waals surface area contributed by atoms with Crippen LogP contribution in [0.15, 0.2) is 30.9 Å². The van der Waals surface area contributed by atoms with Crippen molar-refractivity contribution in [2.24, 2.45) is 0 Å². The Morgan fingerprint density at radius 2 is 2.31 bits per heavy atom. The minimum Gasteiger partial charge on any atom is -0.370 e. The van der Waals surface area contributed by atoms with Gasteiger partial charge in [-0.05, 0) is 12.5 Å². The molecule has 0 aliphatic heterocycles. The predicted molar refractivity (Wildman–Crippen MR) is 62.4 cm³/mol. The number of rotatable bonds is 5. The van der Waals surface area contributed by atoms with Gasteiger partial charge in [-0.1, -0.05) is 11.6 Å². The van der Waals surface area contributed by atoms with Crippen molar-refractivity contribution in [1.29, 1.82) is 0 Å². The van der Waals surface area contributed by atoms with Gasteiger partial charge in [0.25, 0.3) is 0 Å². The molecule has 0 radical (unpaired) electrons. The van der Waals surface area contributed by atoms with Crippen molar-refractivity contribution in [1.82, 2.24) is 19.7 Å². The average Bonchev–Trinajstić information content (AvgIpc) is 2.77. The second kappa shape index (κ2) is 5.46. The molecule has 2 aromatic heterocycles. The predicted octanol–water partition coefficient (Wildman–Crippen LogP) is 1.83. The van der Waals surface area contributed by atoms with Crippen molar-refractivity contribution in [3.05, 3.63) is 36.0 Å². The van der Waals surface area contributed by atoms with E-state index in [1.165, 1.54) is 6.33 Å². The maximum Gasteiger partial charge on any atom is 0.134 e. The summed E-state index contributed by atoms with van der Waals surface area (Å²) in [6.07, 6.45) is 6.14. The minimum absolute atomic E-state index is 0.449. The highest BCUT2D eigenvalue weighted by Gasteiger charge is 1.95. The maximum absolute atomic E-state index is 5.73. The molecule has 0 atom stereocenters. The lowest BCUT2D eigenvalue weighted by molar-refractivity contribution is 0.591. The van der Waals surface area contributed by atoms with Gasteiger partial charge in [-0.25, -0.2) is 9.97 Å². The Labute approximate surface area is 98.5 Å². The molecule has 6 heteroatoms. The molecule has 0 spiro atoms. The number of aromatic nitrogens is 4. The van der Waals surface area contributed by atoms with Crippen LogP contribution in [0.4, 0.5) is 5.82 Å². The van der Waals surface area contributed by atoms with E-state index in [9.17, 15) is 0 Å². The van der Waals surface area contributed by atoms with Crippen LogP contribution in [0, 0.1) is 0 Å². The Bertz CT molecular complexity index is 429. The van der Waals surface area contributed by atoms with Crippen LogP contribution >= 0.6 is 11.6 Å². The zero-order chi connectivity index (χ0) is 11.2. The summed E-state index contributed by atoms with van der Waals surface area (Å²) in [5, 5.41) is 7.74. The van der Waals surface area contributed by atoms with Gasteiger partial charge in [0, 0.05) is 31.5 Å². The van der Waals surface area contributed by atoms with Crippen LogP contribution in [-0.2, 0) is 6.54 Å². The average molecular weight is 238 g/mol. The van der Waals surface area contributed by atoms with Gasteiger partial charge < -0.3 is 5.32 Å². The molecule has 2 aromatic rings. The van der Waals surface area contributed by atoms with E-state index < -0.39 is 0 Å². The van der Waals surface area contributed by atoms with Gasteiger partial charge in [-0.15, -0.1) is 0 Å². The lowest BCUT2D eigenvalue weighted by Gasteiger charge is -2.05. The number of anilines is 1. The number of aryl methyl sites for hydroxylation is 1. The molecule has 0 aliphatic carbocycles. The van der Waals surface area contributed by atoms with Gasteiger partial charge in [0.1, 0.15) is 17.3 Å². The van der Waals surface area contributed by atoms with Crippen molar-refractivity contribution in [2.45, 2.75) is 13.0 Å². The molecular weight excluding hydrogens is 226 g/mol. The van der Waals surface area contributed by atoms with E-state index in [1.807, 2.05) is 16.9 Å². The fourth-order valence-corrected chi connectivity index (χ4v) is 1.47. The first kappa shape index (κ1) is 10.9. The van der Waals surface area contributed by atoms with Gasteiger partial charge >= 0.3 is 0 Å². The Morgan fingerprint density at radius 1 is 1.38 bits per heavy atom. The second-order valence-corrected chi connectivity index (χ2v) is 3.66. The molecule has 0 fully saturated rings. The van der Waals surface area contributed by atoms with Crippen molar-refractivity contribution in [2.75, 3.05) is 11.9 Å². The molecule has 0 aromatic carbocycles. The highest BCUT2D eigenvalue weighted by Crippen LogP contribution is 2.08.